The van der Waals surface area contributed by atoms with Crippen molar-refractivity contribution in [3.8, 4) is 11.1 Å². The number of hydrogen-bond donors (Lipinski definition) is 5. The minimum Gasteiger partial charge on any atom is -0.391 e. The molecule has 25 heteroatoms. The summed E-state index contributed by atoms with van der Waals surface area (Å²) in [5.41, 5.74) is 2.15. The number of β-amino-alcohol motifs (C(OH)–C–C–N with tert-alkyl or cyclic N) is 1. The highest BCUT2D eigenvalue weighted by molar-refractivity contribution is 8.08. The van der Waals surface area contributed by atoms with Crippen LogP contribution in [-0.2, 0) is 25.4 Å². The largest absolute Gasteiger partial charge is 0.417 e. The first-order valence-corrected chi connectivity index (χ1v) is 31.2. The summed E-state index contributed by atoms with van der Waals surface area (Å²) in [5.74, 6) is -0.670. The fraction of sp³-hybridized carbons (Fsp3) is 0.540. The molecule has 3 unspecified atom stereocenters. The van der Waals surface area contributed by atoms with Crippen LogP contribution in [0.5, 0.6) is 0 Å². The first kappa shape index (κ1) is 70.2. The lowest BCUT2D eigenvalue weighted by molar-refractivity contribution is -0.138. The van der Waals surface area contributed by atoms with Crippen LogP contribution in [0, 0.1) is 17.6 Å². The minimum atomic E-state index is -4.99. The van der Waals surface area contributed by atoms with Crippen LogP contribution in [0.15, 0.2) is 72.7 Å². The standard InChI is InChI=1S/C39H50F5N9O2.C13H16N2OS.C7H12N2O3.C4H10/c1-5-49-11-13-50(14-12-49)10-6-7-36(54)51-15-17-52(18-16-51)38-45-22-28(23-46-38)31-20-34(35(21-33(31)41)53-24-26(2)48(4)27(3)25-53)47-37(55)30-9-8-29(40)19-32(30)39(42,43)44;1-9(14-7-16)11-3-5-12(6-4-11)13-10(2)15-8-17-13;10-5-8-3-7(12)9-2-1-6(11)4-9;1-4(2)3/h8-9,19-23,26-27H,5-7,10-18,24-25H2,1-4H3,(H,47,55);3-7,9,15H,8H2,1-2H3,(H,14,16);5-6,11H,1-4H2,(H,8,10);4H,1-3H3/t;9-;;/m.0../s1. The van der Waals surface area contributed by atoms with Gasteiger partial charge in [0, 0.05) is 131 Å². The molecule has 88 heavy (non-hydrogen) atoms. The zero-order valence-corrected chi connectivity index (χ0v) is 53.0. The van der Waals surface area contributed by atoms with Crippen molar-refractivity contribution in [2.75, 3.05) is 126 Å². The zero-order valence-electron chi connectivity index (χ0n) is 52.1. The van der Waals surface area contributed by atoms with E-state index in [9.17, 15) is 41.5 Å². The summed E-state index contributed by atoms with van der Waals surface area (Å²) in [6, 6.07) is 13.0. The molecule has 19 nitrogen and oxygen atoms in total. The molecule has 9 rings (SSSR count). The smallest absolute Gasteiger partial charge is 0.391 e. The van der Waals surface area contributed by atoms with Crippen LogP contribution >= 0.6 is 11.8 Å². The SMILES string of the molecule is CC(C)C.CC1=C(c2ccc([C@H](C)NC=O)cc2)SCN1.CCN1CCN(CCCC(=O)N2CCN(c3ncc(-c4cc(NC(=O)c5ccc(F)cc5C(F)(F)F)c(N5CC(C)N(C)C(C)C5)cc4F)cn3)CC2)CC1.O=CNCC(=O)N1CCC(O)C1. The topological polar surface area (TPSA) is 202 Å². The minimum absolute atomic E-state index is 0.0240. The zero-order chi connectivity index (χ0) is 64.2. The van der Waals surface area contributed by atoms with E-state index >= 15 is 4.39 Å². The Morgan fingerprint density at radius 1 is 0.795 bits per heavy atom. The Balaban J connectivity index is 0.000000301. The number of aromatic nitrogens is 2. The number of anilines is 3. The maximum atomic E-state index is 16.0. The second-order valence-corrected chi connectivity index (χ2v) is 24.3. The van der Waals surface area contributed by atoms with Gasteiger partial charge in [-0.2, -0.15) is 13.2 Å². The normalized spacial score (nSPS) is 19.5. The van der Waals surface area contributed by atoms with Gasteiger partial charge in [-0.1, -0.05) is 52.0 Å². The number of alkyl halides is 3. The number of allylic oxidation sites excluding steroid dienone is 1. The number of halogens is 5. The summed E-state index contributed by atoms with van der Waals surface area (Å²) < 4.78 is 71.4. The lowest BCUT2D eigenvalue weighted by atomic mass is 10.0. The molecule has 6 heterocycles. The molecule has 0 aliphatic carbocycles. The second kappa shape index (κ2) is 33.6. The number of benzene rings is 3. The maximum absolute atomic E-state index is 16.0. The van der Waals surface area contributed by atoms with Crippen LogP contribution in [0.1, 0.15) is 108 Å². The van der Waals surface area contributed by atoms with Crippen LogP contribution in [0.25, 0.3) is 16.0 Å². The van der Waals surface area contributed by atoms with Gasteiger partial charge in [0.25, 0.3) is 5.91 Å². The Kier molecular flexibility index (Phi) is 26.8. The number of piperazine rings is 3. The molecule has 0 radical (unpaired) electrons. The highest BCUT2D eigenvalue weighted by atomic mass is 32.2. The van der Waals surface area contributed by atoms with E-state index in [0.29, 0.717) is 88.8 Å². The molecule has 4 fully saturated rings. The number of nitrogens with one attached hydrogen (secondary N) is 4. The van der Waals surface area contributed by atoms with Gasteiger partial charge in [0.1, 0.15) is 11.6 Å². The molecule has 4 saturated heterocycles. The van der Waals surface area contributed by atoms with E-state index in [2.05, 4.69) is 105 Å². The Bertz CT molecular complexity index is 2950. The average Bonchev–Trinajstić information content (AvgIpc) is 1.33. The van der Waals surface area contributed by atoms with Crippen molar-refractivity contribution in [2.45, 2.75) is 105 Å². The molecule has 5 aliphatic rings. The first-order valence-electron chi connectivity index (χ1n) is 30.2. The third-order valence-electron chi connectivity index (χ3n) is 15.9. The molecule has 5 N–H and O–H groups in total. The number of aliphatic hydroxyl groups excluding tert-OH is 1. The molecule has 3 aromatic carbocycles. The second-order valence-electron chi connectivity index (χ2n) is 23.3. The van der Waals surface area contributed by atoms with Gasteiger partial charge >= 0.3 is 6.18 Å². The Labute approximate surface area is 518 Å². The van der Waals surface area contributed by atoms with Gasteiger partial charge < -0.3 is 55.8 Å². The van der Waals surface area contributed by atoms with E-state index in [0.717, 1.165) is 81.6 Å². The van der Waals surface area contributed by atoms with Gasteiger partial charge in [-0.3, -0.25) is 28.9 Å². The van der Waals surface area contributed by atoms with Crippen LogP contribution in [0.4, 0.5) is 39.3 Å². The molecule has 5 amide bonds. The average molecular weight is 1250 g/mol. The van der Waals surface area contributed by atoms with E-state index in [1.807, 2.05) is 54.3 Å². The van der Waals surface area contributed by atoms with Gasteiger partial charge in [0.2, 0.25) is 30.6 Å². The monoisotopic (exact) mass is 1250 g/mol. The van der Waals surface area contributed by atoms with Crippen molar-refractivity contribution in [2.24, 2.45) is 5.92 Å². The number of carbonyl (C=O) groups excluding carboxylic acids is 5. The van der Waals surface area contributed by atoms with E-state index < -0.39 is 40.9 Å². The Morgan fingerprint density at radius 3 is 1.99 bits per heavy atom. The summed E-state index contributed by atoms with van der Waals surface area (Å²) in [6.45, 7) is 27.0. The van der Waals surface area contributed by atoms with Gasteiger partial charge in [-0.25, -0.2) is 18.7 Å². The number of amides is 5. The van der Waals surface area contributed by atoms with E-state index in [1.54, 1.807) is 4.90 Å². The van der Waals surface area contributed by atoms with Crippen LogP contribution in [0.3, 0.4) is 0 Å². The van der Waals surface area contributed by atoms with Gasteiger partial charge in [-0.05, 0) is 108 Å². The number of carbonyl (C=O) groups is 5. The molecule has 0 saturated carbocycles. The quantitative estimate of drug-likeness (QED) is 0.0507. The van der Waals surface area contributed by atoms with Crippen molar-refractivity contribution < 1.29 is 51.0 Å². The predicted octanol–water partition coefficient (Wildman–Crippen LogP) is 7.75. The van der Waals surface area contributed by atoms with E-state index in [4.69, 9.17) is 5.11 Å². The Hall–Kier alpha value is -6.93. The molecule has 1 aromatic heterocycles. The molecule has 0 bridgehead atoms. The summed E-state index contributed by atoms with van der Waals surface area (Å²) in [5, 5.41) is 20.0. The lowest BCUT2D eigenvalue weighted by Crippen LogP contribution is -2.55. The van der Waals surface area contributed by atoms with Crippen molar-refractivity contribution in [1.29, 1.82) is 0 Å². The van der Waals surface area contributed by atoms with Gasteiger partial charge in [0.15, 0.2) is 0 Å². The highest BCUT2D eigenvalue weighted by Gasteiger charge is 2.37. The molecule has 4 atom stereocenters. The third kappa shape index (κ3) is 20.3. The summed E-state index contributed by atoms with van der Waals surface area (Å²) in [6.07, 6.45) is 0.736. The number of aliphatic hydroxyl groups is 1. The number of thioether (sulfide) groups is 1. The third-order valence-corrected chi connectivity index (χ3v) is 17.1. The van der Waals surface area contributed by atoms with Gasteiger partial charge in [-0.15, -0.1) is 11.8 Å². The number of likely N-dealkylation sites (N-methyl/N-ethyl adjacent to an activating group) is 2. The number of likely N-dealkylation sites (tertiary alicyclic amines) is 1. The molecule has 5 aliphatic heterocycles. The van der Waals surface area contributed by atoms with E-state index in [-0.39, 0.29) is 53.8 Å². The number of rotatable bonds is 17. The molecule has 4 aromatic rings. The maximum Gasteiger partial charge on any atom is 0.417 e. The van der Waals surface area contributed by atoms with Crippen molar-refractivity contribution >= 4 is 64.5 Å². The predicted molar refractivity (Wildman–Crippen MR) is 336 cm³/mol. The van der Waals surface area contributed by atoms with Crippen molar-refractivity contribution in [1.82, 2.24) is 50.4 Å². The molecular weight excluding hydrogens is 1160 g/mol. The fourth-order valence-corrected chi connectivity index (χ4v) is 11.7. The summed E-state index contributed by atoms with van der Waals surface area (Å²) in [7, 11) is 1.98. The Morgan fingerprint density at radius 2 is 1.43 bits per heavy atom. The van der Waals surface area contributed by atoms with Crippen LogP contribution < -0.4 is 31.1 Å². The lowest BCUT2D eigenvalue weighted by Gasteiger charge is -2.44. The van der Waals surface area contributed by atoms with E-state index in [1.165, 1.54) is 40.7 Å². The van der Waals surface area contributed by atoms with Crippen molar-refractivity contribution in [3.05, 3.63) is 107 Å². The summed E-state index contributed by atoms with van der Waals surface area (Å²) in [4.78, 5) is 82.4. The van der Waals surface area contributed by atoms with Crippen LogP contribution in [0.2, 0.25) is 0 Å². The number of hydrogen-bond acceptors (Lipinski definition) is 15. The highest BCUT2D eigenvalue weighted by Crippen LogP contribution is 2.38. The van der Waals surface area contributed by atoms with Crippen molar-refractivity contribution in [3.63, 3.8) is 0 Å². The fourth-order valence-electron chi connectivity index (χ4n) is 10.6. The molecule has 482 valence electrons. The molecular formula is C63H88F5N13O6S. The first-order chi connectivity index (χ1) is 41.9. The molecule has 0 spiro atoms. The number of nitrogens with zero attached hydrogens (tertiary/aromatic N) is 9. The van der Waals surface area contributed by atoms with Crippen LogP contribution in [-0.4, -0.2) is 199 Å². The van der Waals surface area contributed by atoms with Gasteiger partial charge in [0.05, 0.1) is 47.1 Å². The summed E-state index contributed by atoms with van der Waals surface area (Å²) >= 11 is 1.82.